The zero-order valence-corrected chi connectivity index (χ0v) is 12.0. The Labute approximate surface area is 114 Å². The van der Waals surface area contributed by atoms with Crippen molar-refractivity contribution in [1.29, 1.82) is 0 Å². The van der Waals surface area contributed by atoms with Crippen LogP contribution in [0.15, 0.2) is 0 Å². The van der Waals surface area contributed by atoms with Crippen LogP contribution in [-0.2, 0) is 17.8 Å². The molecule has 1 aromatic heterocycles. The quantitative estimate of drug-likeness (QED) is 0.876. The van der Waals surface area contributed by atoms with E-state index in [0.717, 1.165) is 11.6 Å². The van der Waals surface area contributed by atoms with Gasteiger partial charge in [0.1, 0.15) is 23.2 Å². The minimum absolute atomic E-state index is 0.0311. The van der Waals surface area contributed by atoms with Crippen LogP contribution in [-0.4, -0.2) is 35.1 Å². The van der Waals surface area contributed by atoms with E-state index in [0.29, 0.717) is 11.4 Å². The van der Waals surface area contributed by atoms with Crippen molar-refractivity contribution in [1.82, 2.24) is 15.5 Å². The minimum atomic E-state index is -4.30. The van der Waals surface area contributed by atoms with Gasteiger partial charge < -0.3 is 10.1 Å². The van der Waals surface area contributed by atoms with Crippen LogP contribution in [0.4, 0.5) is 13.2 Å². The van der Waals surface area contributed by atoms with Crippen LogP contribution < -0.4 is 5.32 Å². The highest BCUT2D eigenvalue weighted by Crippen LogP contribution is 2.17. The van der Waals surface area contributed by atoms with E-state index in [2.05, 4.69) is 41.0 Å². The maximum Gasteiger partial charge on any atom is 0.411 e. The normalized spacial score (nSPS) is 12.9. The smallest absolute Gasteiger partial charge is 0.365 e. The molecule has 19 heavy (non-hydrogen) atoms. The van der Waals surface area contributed by atoms with Gasteiger partial charge in [-0.15, -0.1) is 10.2 Å². The molecule has 1 rings (SSSR count). The van der Waals surface area contributed by atoms with Crippen molar-refractivity contribution in [3.05, 3.63) is 10.0 Å². The predicted octanol–water partition coefficient (Wildman–Crippen LogP) is 2.55. The van der Waals surface area contributed by atoms with Crippen LogP contribution >= 0.6 is 11.3 Å². The number of alkyl halides is 3. The average molecular weight is 297 g/mol. The Kier molecular flexibility index (Phi) is 5.69. The third-order valence-electron chi connectivity index (χ3n) is 1.99. The summed E-state index contributed by atoms with van der Waals surface area (Å²) in [6, 6.07) is 0. The largest absolute Gasteiger partial charge is 0.411 e. The molecule has 0 aliphatic heterocycles. The van der Waals surface area contributed by atoms with E-state index >= 15 is 0 Å². The maximum atomic E-state index is 11.9. The van der Waals surface area contributed by atoms with Crippen molar-refractivity contribution in [2.75, 3.05) is 13.2 Å². The van der Waals surface area contributed by atoms with Gasteiger partial charge in [-0.2, -0.15) is 13.2 Å². The van der Waals surface area contributed by atoms with E-state index < -0.39 is 12.8 Å². The number of halogens is 3. The highest BCUT2D eigenvalue weighted by molar-refractivity contribution is 7.11. The molecule has 4 nitrogen and oxygen atoms in total. The molecular formula is C11H18F3N3OS. The second-order valence-corrected chi connectivity index (χ2v) is 6.27. The molecule has 1 aromatic rings. The van der Waals surface area contributed by atoms with E-state index in [1.54, 1.807) is 0 Å². The molecule has 0 spiro atoms. The Morgan fingerprint density at radius 2 is 1.79 bits per heavy atom. The van der Waals surface area contributed by atoms with E-state index in [4.69, 9.17) is 0 Å². The van der Waals surface area contributed by atoms with Crippen LogP contribution in [0, 0.1) is 0 Å². The second kappa shape index (κ2) is 6.62. The van der Waals surface area contributed by atoms with Gasteiger partial charge in [0.2, 0.25) is 0 Å². The number of hydrogen-bond acceptors (Lipinski definition) is 5. The highest BCUT2D eigenvalue weighted by atomic mass is 32.1. The Hall–Kier alpha value is -0.730. The molecular weight excluding hydrogens is 279 g/mol. The molecule has 0 aliphatic rings. The summed E-state index contributed by atoms with van der Waals surface area (Å²) in [4.78, 5) is 0. The van der Waals surface area contributed by atoms with Gasteiger partial charge in [-0.3, -0.25) is 0 Å². The molecule has 0 amide bonds. The molecule has 8 heteroatoms. The van der Waals surface area contributed by atoms with Gasteiger partial charge in [-0.25, -0.2) is 0 Å². The lowest BCUT2D eigenvalue weighted by Gasteiger charge is -2.19. The SMILES string of the molecule is CC(C)(C)NCCc1nnc(COCC(F)(F)F)s1. The number of nitrogens with one attached hydrogen (secondary N) is 1. The van der Waals surface area contributed by atoms with Gasteiger partial charge in [0.05, 0.1) is 0 Å². The summed E-state index contributed by atoms with van der Waals surface area (Å²) in [5, 5.41) is 12.3. The summed E-state index contributed by atoms with van der Waals surface area (Å²) in [6.45, 7) is 5.52. The zero-order valence-electron chi connectivity index (χ0n) is 11.2. The van der Waals surface area contributed by atoms with Gasteiger partial charge in [0.25, 0.3) is 0 Å². The van der Waals surface area contributed by atoms with E-state index in [1.165, 1.54) is 11.3 Å². The molecule has 110 valence electrons. The summed E-state index contributed by atoms with van der Waals surface area (Å²) >= 11 is 1.28. The first-order chi connectivity index (χ1) is 8.66. The molecule has 0 saturated heterocycles. The summed E-state index contributed by atoms with van der Waals surface area (Å²) < 4.78 is 40.2. The van der Waals surface area contributed by atoms with Gasteiger partial charge in [0, 0.05) is 18.5 Å². The fourth-order valence-electron chi connectivity index (χ4n) is 1.25. The summed E-state index contributed by atoms with van der Waals surface area (Å²) in [5.74, 6) is 0. The van der Waals surface area contributed by atoms with Crippen molar-refractivity contribution >= 4 is 11.3 Å². The number of nitrogens with zero attached hydrogens (tertiary/aromatic N) is 2. The third-order valence-corrected chi connectivity index (χ3v) is 2.95. The van der Waals surface area contributed by atoms with Crippen molar-refractivity contribution < 1.29 is 17.9 Å². The van der Waals surface area contributed by atoms with Crippen LogP contribution in [0.25, 0.3) is 0 Å². The molecule has 1 heterocycles. The molecule has 0 saturated carbocycles. The van der Waals surface area contributed by atoms with Gasteiger partial charge >= 0.3 is 6.18 Å². The zero-order chi connectivity index (χ0) is 14.5. The fourth-order valence-corrected chi connectivity index (χ4v) is 2.03. The summed E-state index contributed by atoms with van der Waals surface area (Å²) in [7, 11) is 0. The molecule has 0 bridgehead atoms. The molecule has 1 N–H and O–H groups in total. The molecule has 0 atom stereocenters. The van der Waals surface area contributed by atoms with Gasteiger partial charge in [-0.1, -0.05) is 11.3 Å². The lowest BCUT2D eigenvalue weighted by atomic mass is 10.1. The number of hydrogen-bond donors (Lipinski definition) is 1. The summed E-state index contributed by atoms with van der Waals surface area (Å²) in [5.41, 5.74) is 0.0311. The number of rotatable bonds is 6. The van der Waals surface area contributed by atoms with Gasteiger partial charge in [0.15, 0.2) is 0 Å². The topological polar surface area (TPSA) is 47.0 Å². The molecule has 0 radical (unpaired) electrons. The van der Waals surface area contributed by atoms with Crippen molar-refractivity contribution in [3.8, 4) is 0 Å². The first-order valence-corrected chi connectivity index (χ1v) is 6.68. The number of aromatic nitrogens is 2. The highest BCUT2D eigenvalue weighted by Gasteiger charge is 2.27. The Bertz CT molecular complexity index is 353. The van der Waals surface area contributed by atoms with Crippen molar-refractivity contribution in [2.45, 2.75) is 45.5 Å². The maximum absolute atomic E-state index is 11.9. The van der Waals surface area contributed by atoms with Crippen LogP contribution in [0.1, 0.15) is 30.8 Å². The van der Waals surface area contributed by atoms with Crippen LogP contribution in [0.2, 0.25) is 0 Å². The summed E-state index contributed by atoms with van der Waals surface area (Å²) in [6.07, 6.45) is -3.60. The monoisotopic (exact) mass is 297 g/mol. The van der Waals surface area contributed by atoms with Crippen LogP contribution in [0.3, 0.4) is 0 Å². The predicted molar refractivity (Wildman–Crippen MR) is 67.1 cm³/mol. The van der Waals surface area contributed by atoms with E-state index in [-0.39, 0.29) is 12.1 Å². The molecule has 0 unspecified atom stereocenters. The standard InChI is InChI=1S/C11H18F3N3OS/c1-10(2,3)15-5-4-8-16-17-9(19-8)6-18-7-11(12,13)14/h15H,4-7H2,1-3H3. The third kappa shape index (κ3) is 8.12. The Balaban J connectivity index is 2.28. The Morgan fingerprint density at radius 1 is 1.16 bits per heavy atom. The Morgan fingerprint density at radius 3 is 2.37 bits per heavy atom. The van der Waals surface area contributed by atoms with Crippen molar-refractivity contribution in [2.24, 2.45) is 0 Å². The van der Waals surface area contributed by atoms with E-state index in [9.17, 15) is 13.2 Å². The van der Waals surface area contributed by atoms with Crippen LogP contribution in [0.5, 0.6) is 0 Å². The molecule has 0 fully saturated rings. The first kappa shape index (κ1) is 16.3. The molecule has 0 aliphatic carbocycles. The minimum Gasteiger partial charge on any atom is -0.365 e. The van der Waals surface area contributed by atoms with Gasteiger partial charge in [-0.05, 0) is 20.8 Å². The van der Waals surface area contributed by atoms with E-state index in [1.807, 2.05) is 0 Å². The fraction of sp³-hybridized carbons (Fsp3) is 0.818. The number of ether oxygens (including phenoxy) is 1. The first-order valence-electron chi connectivity index (χ1n) is 5.86. The van der Waals surface area contributed by atoms with Crippen molar-refractivity contribution in [3.63, 3.8) is 0 Å². The lowest BCUT2D eigenvalue weighted by Crippen LogP contribution is -2.37. The lowest BCUT2D eigenvalue weighted by molar-refractivity contribution is -0.176. The second-order valence-electron chi connectivity index (χ2n) is 5.12. The molecule has 0 aromatic carbocycles. The average Bonchev–Trinajstić information content (AvgIpc) is 2.62.